The first kappa shape index (κ1) is 36.4. The Morgan fingerprint density at radius 1 is 1.00 bits per heavy atom. The van der Waals surface area contributed by atoms with Gasteiger partial charge in [0, 0.05) is 18.5 Å². The average molecular weight is 631 g/mol. The van der Waals surface area contributed by atoms with Crippen molar-refractivity contribution in [2.45, 2.75) is 104 Å². The SMILES string of the molecule is CCCCCCCN(C(=O)C(CCC(N)=O)NC(=O)OC(C)(C)C)C(C(=O)Nc1c(C)cccc1Cl)c1cccc(C)c1O. The van der Waals surface area contributed by atoms with Gasteiger partial charge in [0.15, 0.2) is 0 Å². The summed E-state index contributed by atoms with van der Waals surface area (Å²) in [5.41, 5.74) is 6.38. The molecule has 4 amide bonds. The number of alkyl carbamates (subject to hydrolysis) is 1. The number of unbranched alkanes of at least 4 members (excludes halogenated alkanes) is 4. The highest BCUT2D eigenvalue weighted by atomic mass is 35.5. The van der Waals surface area contributed by atoms with E-state index < -0.39 is 41.5 Å². The number of nitrogens with zero attached hydrogens (tertiary/aromatic N) is 1. The lowest BCUT2D eigenvalue weighted by atomic mass is 9.97. The normalized spacial score (nSPS) is 12.6. The Labute approximate surface area is 265 Å². The maximum Gasteiger partial charge on any atom is 0.408 e. The van der Waals surface area contributed by atoms with Gasteiger partial charge in [-0.3, -0.25) is 14.4 Å². The average Bonchev–Trinajstić information content (AvgIpc) is 2.93. The number of aromatic hydroxyl groups is 1. The lowest BCUT2D eigenvalue weighted by Crippen LogP contribution is -2.53. The summed E-state index contributed by atoms with van der Waals surface area (Å²) < 4.78 is 5.39. The van der Waals surface area contributed by atoms with E-state index in [9.17, 15) is 24.3 Å². The molecule has 44 heavy (non-hydrogen) atoms. The minimum atomic E-state index is -1.30. The monoisotopic (exact) mass is 630 g/mol. The van der Waals surface area contributed by atoms with Gasteiger partial charge < -0.3 is 31.1 Å². The maximum absolute atomic E-state index is 14.4. The fraction of sp³-hybridized carbons (Fsp3) is 0.515. The van der Waals surface area contributed by atoms with Gasteiger partial charge in [0.25, 0.3) is 5.91 Å². The molecule has 5 N–H and O–H groups in total. The minimum absolute atomic E-state index is 0.114. The van der Waals surface area contributed by atoms with Crippen LogP contribution in [0.2, 0.25) is 5.02 Å². The van der Waals surface area contributed by atoms with Crippen molar-refractivity contribution in [3.63, 3.8) is 0 Å². The highest BCUT2D eigenvalue weighted by Gasteiger charge is 2.38. The molecule has 2 rings (SSSR count). The van der Waals surface area contributed by atoms with Crippen LogP contribution in [0.4, 0.5) is 10.5 Å². The van der Waals surface area contributed by atoms with Gasteiger partial charge in [0.1, 0.15) is 23.4 Å². The molecule has 2 atom stereocenters. The highest BCUT2D eigenvalue weighted by molar-refractivity contribution is 6.34. The molecule has 0 aromatic heterocycles. The molecule has 0 aliphatic rings. The summed E-state index contributed by atoms with van der Waals surface area (Å²) in [6, 6.07) is 7.63. The summed E-state index contributed by atoms with van der Waals surface area (Å²) in [5, 5.41) is 16.9. The van der Waals surface area contributed by atoms with Crippen molar-refractivity contribution in [3.8, 4) is 5.75 Å². The first-order valence-electron chi connectivity index (χ1n) is 15.1. The van der Waals surface area contributed by atoms with Gasteiger partial charge in [-0.05, 0) is 64.7 Å². The Morgan fingerprint density at radius 2 is 1.64 bits per heavy atom. The second kappa shape index (κ2) is 16.9. The standard InChI is InChI=1S/C33H47ClN4O6/c1-7-8-9-10-11-20-38(31(42)25(18-19-26(35)39)36-32(43)44-33(4,5)6)28(23-16-12-15-22(3)29(23)40)30(41)37-27-21(2)14-13-17-24(27)34/h12-17,25,28,40H,7-11,18-20H2,1-6H3,(H2,35,39)(H,36,43)(H,37,41). The highest BCUT2D eigenvalue weighted by Crippen LogP contribution is 2.35. The number of primary amides is 1. The zero-order valence-corrected chi connectivity index (χ0v) is 27.4. The molecule has 11 heteroatoms. The van der Waals surface area contributed by atoms with E-state index >= 15 is 0 Å². The Balaban J connectivity index is 2.65. The van der Waals surface area contributed by atoms with E-state index in [0.29, 0.717) is 28.3 Å². The number of benzene rings is 2. The molecular weight excluding hydrogens is 584 g/mol. The van der Waals surface area contributed by atoms with Crippen LogP contribution in [0, 0.1) is 13.8 Å². The molecule has 0 heterocycles. The molecule has 2 unspecified atom stereocenters. The predicted molar refractivity (Wildman–Crippen MR) is 172 cm³/mol. The first-order chi connectivity index (χ1) is 20.7. The molecule has 0 saturated carbocycles. The van der Waals surface area contributed by atoms with Gasteiger partial charge in [-0.15, -0.1) is 0 Å². The number of nitrogens with one attached hydrogen (secondary N) is 2. The van der Waals surface area contributed by atoms with Crippen LogP contribution in [0.1, 0.15) is 95.4 Å². The molecule has 0 fully saturated rings. The number of rotatable bonds is 15. The minimum Gasteiger partial charge on any atom is -0.507 e. The molecular formula is C33H47ClN4O6. The van der Waals surface area contributed by atoms with Crippen molar-refractivity contribution in [1.82, 2.24) is 10.2 Å². The number of halogens is 1. The van der Waals surface area contributed by atoms with Gasteiger partial charge in [-0.1, -0.05) is 74.5 Å². The third-order valence-corrected chi connectivity index (χ3v) is 7.36. The first-order valence-corrected chi connectivity index (χ1v) is 15.5. The van der Waals surface area contributed by atoms with Crippen molar-refractivity contribution in [2.24, 2.45) is 5.73 Å². The molecule has 242 valence electrons. The number of carbonyl (C=O) groups excluding carboxylic acids is 4. The van der Waals surface area contributed by atoms with E-state index in [2.05, 4.69) is 17.6 Å². The Morgan fingerprint density at radius 3 is 2.25 bits per heavy atom. The van der Waals surface area contributed by atoms with Gasteiger partial charge in [0.2, 0.25) is 11.8 Å². The summed E-state index contributed by atoms with van der Waals surface area (Å²) in [4.78, 5) is 54.5. The second-order valence-electron chi connectivity index (χ2n) is 12.0. The molecule has 10 nitrogen and oxygen atoms in total. The molecule has 0 aliphatic heterocycles. The predicted octanol–water partition coefficient (Wildman–Crippen LogP) is 6.30. The number of aryl methyl sites for hydroxylation is 2. The molecule has 0 radical (unpaired) electrons. The van der Waals surface area contributed by atoms with Crippen LogP contribution in [-0.2, 0) is 19.1 Å². The summed E-state index contributed by atoms with van der Waals surface area (Å²) in [6.07, 6.45) is 3.17. The quantitative estimate of drug-likeness (QED) is 0.170. The third-order valence-electron chi connectivity index (χ3n) is 7.05. The Bertz CT molecular complexity index is 1290. The zero-order chi connectivity index (χ0) is 33.0. The van der Waals surface area contributed by atoms with Gasteiger partial charge >= 0.3 is 6.09 Å². The van der Waals surface area contributed by atoms with Crippen molar-refractivity contribution >= 4 is 41.1 Å². The zero-order valence-electron chi connectivity index (χ0n) is 26.7. The van der Waals surface area contributed by atoms with Crippen molar-refractivity contribution < 1.29 is 29.0 Å². The fourth-order valence-electron chi connectivity index (χ4n) is 4.78. The van der Waals surface area contributed by atoms with Crippen LogP contribution in [-0.4, -0.2) is 52.0 Å². The number of phenols is 1. The van der Waals surface area contributed by atoms with Crippen LogP contribution in [0.25, 0.3) is 0 Å². The summed E-state index contributed by atoms with van der Waals surface area (Å²) in [6.45, 7) is 10.8. The van der Waals surface area contributed by atoms with Crippen LogP contribution in [0.3, 0.4) is 0 Å². The van der Waals surface area contributed by atoms with E-state index in [-0.39, 0.29) is 30.7 Å². The Hall–Kier alpha value is -3.79. The van der Waals surface area contributed by atoms with Crippen LogP contribution >= 0.6 is 11.6 Å². The van der Waals surface area contributed by atoms with E-state index in [4.69, 9.17) is 22.1 Å². The van der Waals surface area contributed by atoms with Crippen molar-refractivity contribution in [1.29, 1.82) is 0 Å². The van der Waals surface area contributed by atoms with Crippen LogP contribution in [0.5, 0.6) is 5.75 Å². The fourth-order valence-corrected chi connectivity index (χ4v) is 5.05. The number of amides is 4. The molecule has 2 aromatic carbocycles. The van der Waals surface area contributed by atoms with Crippen LogP contribution in [0.15, 0.2) is 36.4 Å². The second-order valence-corrected chi connectivity index (χ2v) is 12.4. The number of nitrogens with two attached hydrogens (primary N) is 1. The molecule has 0 bridgehead atoms. The smallest absolute Gasteiger partial charge is 0.408 e. The van der Waals surface area contributed by atoms with Gasteiger partial charge in [-0.2, -0.15) is 0 Å². The molecule has 0 spiro atoms. The number of hydrogen-bond acceptors (Lipinski definition) is 6. The third kappa shape index (κ3) is 11.0. The number of para-hydroxylation sites is 2. The lowest BCUT2D eigenvalue weighted by molar-refractivity contribution is -0.141. The van der Waals surface area contributed by atoms with E-state index in [1.807, 2.05) is 0 Å². The molecule has 2 aromatic rings. The summed E-state index contributed by atoms with van der Waals surface area (Å²) >= 11 is 6.44. The largest absolute Gasteiger partial charge is 0.507 e. The molecule has 0 saturated heterocycles. The summed E-state index contributed by atoms with van der Waals surface area (Å²) in [5.74, 6) is -2.01. The summed E-state index contributed by atoms with van der Waals surface area (Å²) in [7, 11) is 0. The number of hydrogen-bond donors (Lipinski definition) is 4. The lowest BCUT2D eigenvalue weighted by Gasteiger charge is -2.35. The maximum atomic E-state index is 14.4. The van der Waals surface area contributed by atoms with Crippen molar-refractivity contribution in [2.75, 3.05) is 11.9 Å². The van der Waals surface area contributed by atoms with E-state index in [1.165, 1.54) is 4.90 Å². The Kier molecular flexibility index (Phi) is 14.0. The van der Waals surface area contributed by atoms with E-state index in [0.717, 1.165) is 25.7 Å². The van der Waals surface area contributed by atoms with Gasteiger partial charge in [0.05, 0.1) is 10.7 Å². The topological polar surface area (TPSA) is 151 Å². The number of anilines is 1. The van der Waals surface area contributed by atoms with Crippen LogP contribution < -0.4 is 16.4 Å². The number of ether oxygens (including phenoxy) is 1. The van der Waals surface area contributed by atoms with Gasteiger partial charge in [-0.25, -0.2) is 4.79 Å². The van der Waals surface area contributed by atoms with E-state index in [1.54, 1.807) is 71.0 Å². The van der Waals surface area contributed by atoms with Crippen molar-refractivity contribution in [3.05, 3.63) is 58.1 Å². The number of phenolic OH excluding ortho intramolecular Hbond substituents is 1. The molecule has 0 aliphatic carbocycles. The number of carbonyl (C=O) groups is 4.